The van der Waals surface area contributed by atoms with Gasteiger partial charge in [0.15, 0.2) is 17.4 Å². The molecule has 1 aromatic rings. The summed E-state index contributed by atoms with van der Waals surface area (Å²) in [4.78, 5) is 0. The lowest BCUT2D eigenvalue weighted by atomic mass is 10.1. The monoisotopic (exact) mass is 461 g/mol. The molecule has 5 N–H and O–H groups in total. The van der Waals surface area contributed by atoms with Crippen LogP contribution in [0.1, 0.15) is 39.7 Å². The lowest BCUT2D eigenvalue weighted by Crippen LogP contribution is -2.41. The molecule has 12 heteroatoms. The molecule has 0 saturated heterocycles. The summed E-state index contributed by atoms with van der Waals surface area (Å²) < 4.78 is 51.4. The number of methoxy groups -OCH3 is 1. The lowest BCUT2D eigenvalue weighted by Gasteiger charge is -2.30. The van der Waals surface area contributed by atoms with E-state index in [-0.39, 0.29) is 42.5 Å². The number of fused-ring (bicyclic) bond motifs is 1. The van der Waals surface area contributed by atoms with Crippen LogP contribution in [-0.4, -0.2) is 68.6 Å². The third-order valence-corrected chi connectivity index (χ3v) is 5.31. The summed E-state index contributed by atoms with van der Waals surface area (Å²) in [7, 11) is -2.46. The second-order valence-electron chi connectivity index (χ2n) is 7.95. The predicted molar refractivity (Wildman–Crippen MR) is 114 cm³/mol. The Kier molecular flexibility index (Phi) is 7.89. The van der Waals surface area contributed by atoms with Crippen molar-refractivity contribution in [3.8, 4) is 5.75 Å². The van der Waals surface area contributed by atoms with Crippen molar-refractivity contribution in [2.75, 3.05) is 25.0 Å². The molecule has 0 aliphatic carbocycles. The van der Waals surface area contributed by atoms with Crippen molar-refractivity contribution >= 4 is 21.7 Å². The number of hydrogen-bond acceptors (Lipinski definition) is 9. The van der Waals surface area contributed by atoms with E-state index in [0.717, 1.165) is 0 Å². The highest BCUT2D eigenvalue weighted by Crippen LogP contribution is 2.32. The van der Waals surface area contributed by atoms with Crippen LogP contribution in [0.15, 0.2) is 22.6 Å². The average molecular weight is 462 g/mol. The van der Waals surface area contributed by atoms with Gasteiger partial charge in [-0.25, -0.2) is 0 Å². The number of nitrogens with zero attached hydrogens (tertiary/aromatic N) is 1. The van der Waals surface area contributed by atoms with Gasteiger partial charge in [0.1, 0.15) is 18.0 Å². The smallest absolute Gasteiger partial charge is 0.344 e. The number of nitrogens with two attached hydrogens (primary N) is 1. The van der Waals surface area contributed by atoms with Crippen LogP contribution >= 0.6 is 0 Å². The molecule has 1 aliphatic rings. The first kappa shape index (κ1) is 25.3. The standard InChI is InChI=1S/C19H31N3O8S/c1-18(2,24)28-10-9-14(13(23)11-29-19(3,4)27-5)30-15-8-6-7-12-16(15)17(20)22-31(25,26)21-12/h6-8,13-14,21,23-24H,9-11H2,1-5H3,(H2,20,22). The number of nitrogens with one attached hydrogen (secondary N) is 1. The maximum Gasteiger partial charge on any atom is 0.344 e. The SMILES string of the molecule is COC(C)(C)OCC(O)C(CCOC(C)(C)O)Oc1cccc2c1C(N)=NS(=O)(=O)N2. The predicted octanol–water partition coefficient (Wildman–Crippen LogP) is 0.705. The molecule has 0 bridgehead atoms. The number of amidine groups is 1. The quantitative estimate of drug-likeness (QED) is 0.348. The number of aliphatic hydroxyl groups excluding tert-OH is 1. The molecule has 11 nitrogen and oxygen atoms in total. The van der Waals surface area contributed by atoms with Crippen molar-refractivity contribution in [2.24, 2.45) is 10.1 Å². The van der Waals surface area contributed by atoms with Gasteiger partial charge in [-0.05, 0) is 39.8 Å². The highest BCUT2D eigenvalue weighted by molar-refractivity contribution is 7.91. The maximum absolute atomic E-state index is 11.8. The normalized spacial score (nSPS) is 17.8. The minimum atomic E-state index is -3.94. The van der Waals surface area contributed by atoms with Gasteiger partial charge in [0, 0.05) is 13.5 Å². The van der Waals surface area contributed by atoms with Crippen molar-refractivity contribution in [2.45, 2.75) is 57.9 Å². The van der Waals surface area contributed by atoms with E-state index >= 15 is 0 Å². The Balaban J connectivity index is 2.25. The number of anilines is 1. The van der Waals surface area contributed by atoms with Crippen LogP contribution in [0.2, 0.25) is 0 Å². The summed E-state index contributed by atoms with van der Waals surface area (Å²) >= 11 is 0. The zero-order chi connectivity index (χ0) is 23.4. The number of benzene rings is 1. The van der Waals surface area contributed by atoms with Gasteiger partial charge in [0.25, 0.3) is 0 Å². The summed E-state index contributed by atoms with van der Waals surface area (Å²) in [5.41, 5.74) is 6.33. The van der Waals surface area contributed by atoms with E-state index < -0.39 is 34.0 Å². The Morgan fingerprint density at radius 3 is 2.52 bits per heavy atom. The van der Waals surface area contributed by atoms with Crippen LogP contribution in [0.25, 0.3) is 0 Å². The van der Waals surface area contributed by atoms with Gasteiger partial charge in [0.05, 0.1) is 24.5 Å². The number of rotatable bonds is 11. The topological polar surface area (TPSA) is 162 Å². The average Bonchev–Trinajstić information content (AvgIpc) is 2.63. The van der Waals surface area contributed by atoms with Gasteiger partial charge in [0.2, 0.25) is 0 Å². The second kappa shape index (κ2) is 9.67. The van der Waals surface area contributed by atoms with Crippen molar-refractivity contribution in [1.82, 2.24) is 0 Å². The van der Waals surface area contributed by atoms with E-state index in [4.69, 9.17) is 24.7 Å². The van der Waals surface area contributed by atoms with Gasteiger partial charge in [-0.15, -0.1) is 4.40 Å². The molecule has 2 atom stereocenters. The van der Waals surface area contributed by atoms with Gasteiger partial charge >= 0.3 is 10.2 Å². The fraction of sp³-hybridized carbons (Fsp3) is 0.632. The Hall–Kier alpha value is -1.96. The Bertz CT molecular complexity index is 896. The third kappa shape index (κ3) is 7.59. The van der Waals surface area contributed by atoms with Crippen molar-refractivity contribution in [3.63, 3.8) is 0 Å². The molecule has 0 aromatic heterocycles. The molecule has 1 aromatic carbocycles. The summed E-state index contributed by atoms with van der Waals surface area (Å²) in [6.07, 6.45) is -1.75. The van der Waals surface area contributed by atoms with Crippen molar-refractivity contribution in [3.05, 3.63) is 23.8 Å². The summed E-state index contributed by atoms with van der Waals surface area (Å²) in [6, 6.07) is 4.68. The molecule has 1 aliphatic heterocycles. The van der Waals surface area contributed by atoms with E-state index in [9.17, 15) is 18.6 Å². The van der Waals surface area contributed by atoms with E-state index in [0.29, 0.717) is 0 Å². The number of hydrogen-bond donors (Lipinski definition) is 4. The largest absolute Gasteiger partial charge is 0.487 e. The molecule has 2 rings (SSSR count). The number of ether oxygens (including phenoxy) is 4. The molecular weight excluding hydrogens is 430 g/mol. The third-order valence-electron chi connectivity index (χ3n) is 4.40. The van der Waals surface area contributed by atoms with Gasteiger partial charge in [-0.3, -0.25) is 4.72 Å². The summed E-state index contributed by atoms with van der Waals surface area (Å²) in [6.45, 7) is 6.33. The summed E-state index contributed by atoms with van der Waals surface area (Å²) in [5, 5.41) is 20.5. The van der Waals surface area contributed by atoms with Crippen LogP contribution < -0.4 is 15.2 Å². The van der Waals surface area contributed by atoms with Crippen LogP contribution in [0, 0.1) is 0 Å². The lowest BCUT2D eigenvalue weighted by molar-refractivity contribution is -0.216. The minimum Gasteiger partial charge on any atom is -0.487 e. The van der Waals surface area contributed by atoms with Crippen LogP contribution in [0.5, 0.6) is 5.75 Å². The first-order chi connectivity index (χ1) is 14.2. The van der Waals surface area contributed by atoms with Crippen LogP contribution in [0.3, 0.4) is 0 Å². The fourth-order valence-corrected chi connectivity index (χ4v) is 3.53. The molecule has 176 valence electrons. The van der Waals surface area contributed by atoms with Crippen LogP contribution in [-0.2, 0) is 24.4 Å². The van der Waals surface area contributed by atoms with Crippen molar-refractivity contribution in [1.29, 1.82) is 0 Å². The van der Waals surface area contributed by atoms with Gasteiger partial charge < -0.3 is 34.9 Å². The Morgan fingerprint density at radius 1 is 1.23 bits per heavy atom. The Labute approximate surface area is 182 Å². The molecule has 31 heavy (non-hydrogen) atoms. The molecule has 0 radical (unpaired) electrons. The fourth-order valence-electron chi connectivity index (χ4n) is 2.69. The van der Waals surface area contributed by atoms with E-state index in [1.807, 2.05) is 0 Å². The van der Waals surface area contributed by atoms with E-state index in [1.54, 1.807) is 26.0 Å². The highest BCUT2D eigenvalue weighted by Gasteiger charge is 2.30. The molecule has 1 heterocycles. The first-order valence-corrected chi connectivity index (χ1v) is 11.1. The first-order valence-electron chi connectivity index (χ1n) is 9.65. The van der Waals surface area contributed by atoms with Gasteiger partial charge in [-0.2, -0.15) is 8.42 Å². The molecule has 0 amide bonds. The van der Waals surface area contributed by atoms with Crippen LogP contribution in [0.4, 0.5) is 5.69 Å². The summed E-state index contributed by atoms with van der Waals surface area (Å²) in [5.74, 6) is -2.29. The molecule has 0 fully saturated rings. The van der Waals surface area contributed by atoms with E-state index in [2.05, 4.69) is 9.12 Å². The number of aliphatic hydroxyl groups is 2. The highest BCUT2D eigenvalue weighted by atomic mass is 32.2. The maximum atomic E-state index is 11.8. The molecular formula is C19H31N3O8S. The second-order valence-corrected chi connectivity index (χ2v) is 9.29. The molecule has 0 saturated carbocycles. The minimum absolute atomic E-state index is 0.0735. The van der Waals surface area contributed by atoms with E-state index in [1.165, 1.54) is 27.0 Å². The Morgan fingerprint density at radius 2 is 1.90 bits per heavy atom. The zero-order valence-corrected chi connectivity index (χ0v) is 19.1. The van der Waals surface area contributed by atoms with Crippen molar-refractivity contribution < 1.29 is 37.6 Å². The molecule has 2 unspecified atom stereocenters. The molecule has 0 spiro atoms. The van der Waals surface area contributed by atoms with Gasteiger partial charge in [-0.1, -0.05) is 6.07 Å². The zero-order valence-electron chi connectivity index (χ0n) is 18.3.